The molecule has 0 bridgehead atoms. The largest absolute Gasteiger partial charge is 0.395 e. The molecule has 0 aromatic rings. The van der Waals surface area contributed by atoms with Crippen LogP contribution in [0.5, 0.6) is 0 Å². The standard InChI is InChI=1S/C6H10O.CH4O3S/c1-2-3-4-5-6-7;1-5(2,3)4/h7H,2,5-6H2,1H3;1H3,(H,2,3,4). The van der Waals surface area contributed by atoms with Gasteiger partial charge in [0.05, 0.1) is 12.9 Å². The van der Waals surface area contributed by atoms with Gasteiger partial charge in [-0.2, -0.15) is 8.42 Å². The van der Waals surface area contributed by atoms with Gasteiger partial charge in [-0.1, -0.05) is 6.92 Å². The van der Waals surface area contributed by atoms with Crippen molar-refractivity contribution in [3.8, 4) is 11.8 Å². The van der Waals surface area contributed by atoms with Crippen LogP contribution < -0.4 is 0 Å². The molecule has 0 heterocycles. The van der Waals surface area contributed by atoms with Gasteiger partial charge in [-0.15, -0.1) is 11.8 Å². The van der Waals surface area contributed by atoms with Gasteiger partial charge in [0.2, 0.25) is 0 Å². The predicted molar refractivity (Wildman–Crippen MR) is 47.2 cm³/mol. The lowest BCUT2D eigenvalue weighted by Crippen LogP contribution is -1.88. The summed E-state index contributed by atoms with van der Waals surface area (Å²) >= 11 is 0. The predicted octanol–water partition coefficient (Wildman–Crippen LogP) is 0.286. The summed E-state index contributed by atoms with van der Waals surface area (Å²) in [5.74, 6) is 5.62. The van der Waals surface area contributed by atoms with Gasteiger partial charge < -0.3 is 5.11 Å². The number of aliphatic hydroxyl groups is 1. The van der Waals surface area contributed by atoms with Gasteiger partial charge in [-0.05, 0) is 0 Å². The Morgan fingerprint density at radius 1 is 1.33 bits per heavy atom. The second-order valence-corrected chi connectivity index (χ2v) is 3.38. The van der Waals surface area contributed by atoms with E-state index in [-0.39, 0.29) is 6.61 Å². The van der Waals surface area contributed by atoms with E-state index in [1.54, 1.807) is 0 Å². The monoisotopic (exact) mass is 194 g/mol. The second-order valence-electron chi connectivity index (χ2n) is 1.91. The molecule has 12 heavy (non-hydrogen) atoms. The van der Waals surface area contributed by atoms with Crippen molar-refractivity contribution < 1.29 is 18.1 Å². The average molecular weight is 194 g/mol. The Morgan fingerprint density at radius 2 is 1.75 bits per heavy atom. The molecule has 0 atom stereocenters. The molecule has 0 radical (unpaired) electrons. The van der Waals surface area contributed by atoms with E-state index in [0.29, 0.717) is 12.7 Å². The summed E-state index contributed by atoms with van der Waals surface area (Å²) in [6.45, 7) is 2.18. The summed E-state index contributed by atoms with van der Waals surface area (Å²) < 4.78 is 25.9. The van der Waals surface area contributed by atoms with Crippen LogP contribution in [0.4, 0.5) is 0 Å². The molecule has 5 heteroatoms. The summed E-state index contributed by atoms with van der Waals surface area (Å²) in [5.41, 5.74) is 0. The van der Waals surface area contributed by atoms with Crippen molar-refractivity contribution >= 4 is 10.1 Å². The number of hydrogen-bond donors (Lipinski definition) is 2. The van der Waals surface area contributed by atoms with Crippen molar-refractivity contribution in [3.63, 3.8) is 0 Å². The highest BCUT2D eigenvalue weighted by atomic mass is 32.2. The Labute approximate surface area is 73.4 Å². The van der Waals surface area contributed by atoms with Crippen LogP contribution in [0.25, 0.3) is 0 Å². The van der Waals surface area contributed by atoms with E-state index in [2.05, 4.69) is 11.8 Å². The van der Waals surface area contributed by atoms with Crippen LogP contribution in [0.1, 0.15) is 19.8 Å². The molecule has 0 aromatic heterocycles. The minimum absolute atomic E-state index is 0.188. The summed E-state index contributed by atoms with van der Waals surface area (Å²) in [6, 6.07) is 0. The molecule has 0 spiro atoms. The van der Waals surface area contributed by atoms with Gasteiger partial charge in [0.25, 0.3) is 10.1 Å². The molecule has 0 saturated carbocycles. The van der Waals surface area contributed by atoms with E-state index < -0.39 is 10.1 Å². The Bertz CT molecular complexity index is 224. The molecule has 0 fully saturated rings. The molecule has 0 rings (SSSR count). The molecule has 0 aromatic carbocycles. The first kappa shape index (κ1) is 14.0. The topological polar surface area (TPSA) is 74.6 Å². The van der Waals surface area contributed by atoms with Crippen molar-refractivity contribution in [2.24, 2.45) is 0 Å². The number of aliphatic hydroxyl groups excluding tert-OH is 1. The smallest absolute Gasteiger partial charge is 0.261 e. The molecule has 72 valence electrons. The number of rotatable bonds is 1. The van der Waals surface area contributed by atoms with Gasteiger partial charge in [-0.3, -0.25) is 4.55 Å². The Kier molecular flexibility index (Phi) is 9.93. The Hall–Kier alpha value is -0.570. The molecule has 4 nitrogen and oxygen atoms in total. The van der Waals surface area contributed by atoms with Crippen LogP contribution >= 0.6 is 0 Å². The fourth-order valence-corrected chi connectivity index (χ4v) is 0.269. The van der Waals surface area contributed by atoms with Crippen molar-refractivity contribution in [2.45, 2.75) is 19.8 Å². The van der Waals surface area contributed by atoms with Gasteiger partial charge >= 0.3 is 0 Å². The first-order valence-electron chi connectivity index (χ1n) is 3.40. The summed E-state index contributed by atoms with van der Waals surface area (Å²) in [7, 11) is -3.67. The molecule has 0 saturated heterocycles. The van der Waals surface area contributed by atoms with E-state index in [1.807, 2.05) is 6.92 Å². The lowest BCUT2D eigenvalue weighted by Gasteiger charge is -1.74. The molecule has 2 N–H and O–H groups in total. The van der Waals surface area contributed by atoms with Crippen molar-refractivity contribution in [1.82, 2.24) is 0 Å². The third kappa shape index (κ3) is 57.0. The lowest BCUT2D eigenvalue weighted by molar-refractivity contribution is 0.305. The molecular formula is C7H14O4S. The van der Waals surface area contributed by atoms with E-state index in [1.165, 1.54) is 0 Å². The SMILES string of the molecule is CCC#CCCO.CS(=O)(=O)O. The molecule has 0 aliphatic heterocycles. The highest BCUT2D eigenvalue weighted by Gasteiger charge is 1.81. The van der Waals surface area contributed by atoms with Crippen LogP contribution in [0, 0.1) is 11.8 Å². The molecule has 0 aliphatic carbocycles. The first-order valence-corrected chi connectivity index (χ1v) is 5.25. The zero-order chi connectivity index (χ0) is 10.0. The van der Waals surface area contributed by atoms with E-state index in [9.17, 15) is 8.42 Å². The van der Waals surface area contributed by atoms with Crippen LogP contribution in [0.3, 0.4) is 0 Å². The van der Waals surface area contributed by atoms with Crippen LogP contribution in [0.15, 0.2) is 0 Å². The quantitative estimate of drug-likeness (QED) is 0.464. The average Bonchev–Trinajstić information content (AvgIpc) is 1.85. The molecule has 0 aliphatic rings. The van der Waals surface area contributed by atoms with Gasteiger partial charge in [-0.25, -0.2) is 0 Å². The first-order chi connectivity index (χ1) is 5.41. The second kappa shape index (κ2) is 8.53. The summed E-state index contributed by atoms with van der Waals surface area (Å²) in [5, 5.41) is 8.19. The fraction of sp³-hybridized carbons (Fsp3) is 0.714. The third-order valence-corrected chi connectivity index (χ3v) is 0.539. The third-order valence-electron chi connectivity index (χ3n) is 0.539. The van der Waals surface area contributed by atoms with Crippen LogP contribution in [-0.4, -0.2) is 30.9 Å². The van der Waals surface area contributed by atoms with Crippen LogP contribution in [0.2, 0.25) is 0 Å². The Morgan fingerprint density at radius 3 is 2.00 bits per heavy atom. The van der Waals surface area contributed by atoms with Gasteiger partial charge in [0.15, 0.2) is 0 Å². The van der Waals surface area contributed by atoms with E-state index in [4.69, 9.17) is 9.66 Å². The highest BCUT2D eigenvalue weighted by molar-refractivity contribution is 7.85. The maximum atomic E-state index is 9.19. The van der Waals surface area contributed by atoms with Crippen molar-refractivity contribution in [3.05, 3.63) is 0 Å². The number of hydrogen-bond acceptors (Lipinski definition) is 3. The molecular weight excluding hydrogens is 180 g/mol. The molecule has 0 amide bonds. The maximum absolute atomic E-state index is 9.19. The fourth-order valence-electron chi connectivity index (χ4n) is 0.269. The normalized spacial score (nSPS) is 9.00. The highest BCUT2D eigenvalue weighted by Crippen LogP contribution is 1.71. The van der Waals surface area contributed by atoms with E-state index in [0.717, 1.165) is 6.42 Å². The van der Waals surface area contributed by atoms with Crippen molar-refractivity contribution in [2.75, 3.05) is 12.9 Å². The zero-order valence-electron chi connectivity index (χ0n) is 7.24. The summed E-state index contributed by atoms with van der Waals surface area (Å²) in [6.07, 6.45) is 2.22. The maximum Gasteiger partial charge on any atom is 0.261 e. The van der Waals surface area contributed by atoms with E-state index >= 15 is 0 Å². The summed E-state index contributed by atoms with van der Waals surface area (Å²) in [4.78, 5) is 0. The van der Waals surface area contributed by atoms with Gasteiger partial charge in [0, 0.05) is 12.8 Å². The minimum atomic E-state index is -3.67. The van der Waals surface area contributed by atoms with Gasteiger partial charge in [0.1, 0.15) is 0 Å². The zero-order valence-corrected chi connectivity index (χ0v) is 8.06. The van der Waals surface area contributed by atoms with Crippen LogP contribution in [-0.2, 0) is 10.1 Å². The Balaban J connectivity index is 0. The molecule has 0 unspecified atom stereocenters. The van der Waals surface area contributed by atoms with Crippen molar-refractivity contribution in [1.29, 1.82) is 0 Å². The minimum Gasteiger partial charge on any atom is -0.395 e. The lowest BCUT2D eigenvalue weighted by atomic mass is 10.4.